The van der Waals surface area contributed by atoms with E-state index in [0.717, 1.165) is 25.7 Å². The average molecular weight is 256 g/mol. The van der Waals surface area contributed by atoms with Crippen LogP contribution in [0.5, 0.6) is 0 Å². The molecule has 2 fully saturated rings. The SMILES string of the molecule is CCC(C)(C)C1CCC2OC(=O)OC2CC(C)O1. The van der Waals surface area contributed by atoms with Gasteiger partial charge >= 0.3 is 6.16 Å². The van der Waals surface area contributed by atoms with E-state index < -0.39 is 6.16 Å². The molecule has 104 valence electrons. The van der Waals surface area contributed by atoms with Crippen molar-refractivity contribution in [2.45, 2.75) is 77.8 Å². The van der Waals surface area contributed by atoms with Gasteiger partial charge in [-0.05, 0) is 31.6 Å². The first-order chi connectivity index (χ1) is 8.42. The van der Waals surface area contributed by atoms with Gasteiger partial charge in [0, 0.05) is 6.42 Å². The lowest BCUT2D eigenvalue weighted by atomic mass is 9.80. The Hall–Kier alpha value is -0.770. The number of fused-ring (bicyclic) bond motifs is 1. The van der Waals surface area contributed by atoms with Gasteiger partial charge in [0.05, 0.1) is 12.2 Å². The lowest BCUT2D eigenvalue weighted by molar-refractivity contribution is -0.0991. The monoisotopic (exact) mass is 256 g/mol. The molecule has 0 radical (unpaired) electrons. The number of hydrogen-bond donors (Lipinski definition) is 0. The fraction of sp³-hybridized carbons (Fsp3) is 0.929. The van der Waals surface area contributed by atoms with Crippen molar-refractivity contribution in [2.75, 3.05) is 0 Å². The predicted molar refractivity (Wildman–Crippen MR) is 67.4 cm³/mol. The van der Waals surface area contributed by atoms with Crippen LogP contribution >= 0.6 is 0 Å². The summed E-state index contributed by atoms with van der Waals surface area (Å²) in [7, 11) is 0. The van der Waals surface area contributed by atoms with E-state index in [4.69, 9.17) is 14.2 Å². The van der Waals surface area contributed by atoms with Crippen molar-refractivity contribution in [2.24, 2.45) is 5.41 Å². The van der Waals surface area contributed by atoms with Crippen molar-refractivity contribution in [1.82, 2.24) is 0 Å². The average Bonchev–Trinajstić information content (AvgIpc) is 2.61. The first kappa shape index (κ1) is 13.7. The maximum Gasteiger partial charge on any atom is 0.509 e. The van der Waals surface area contributed by atoms with E-state index in [1.54, 1.807) is 0 Å². The molecule has 18 heavy (non-hydrogen) atoms. The van der Waals surface area contributed by atoms with Crippen LogP contribution in [0.3, 0.4) is 0 Å². The van der Waals surface area contributed by atoms with Gasteiger partial charge in [0.15, 0.2) is 0 Å². The highest BCUT2D eigenvalue weighted by molar-refractivity contribution is 5.62. The quantitative estimate of drug-likeness (QED) is 0.711. The van der Waals surface area contributed by atoms with Gasteiger partial charge in [-0.1, -0.05) is 20.8 Å². The van der Waals surface area contributed by atoms with Gasteiger partial charge < -0.3 is 14.2 Å². The zero-order valence-corrected chi connectivity index (χ0v) is 11.8. The third-order valence-corrected chi connectivity index (χ3v) is 4.37. The molecule has 2 aliphatic heterocycles. The Balaban J connectivity index is 2.06. The smallest absolute Gasteiger partial charge is 0.427 e. The summed E-state index contributed by atoms with van der Waals surface area (Å²) in [5.41, 5.74) is 0.157. The molecule has 4 unspecified atom stereocenters. The highest BCUT2D eigenvalue weighted by Gasteiger charge is 2.41. The number of hydrogen-bond acceptors (Lipinski definition) is 4. The molecule has 0 aliphatic carbocycles. The Morgan fingerprint density at radius 1 is 1.22 bits per heavy atom. The number of carbonyl (C=O) groups is 1. The summed E-state index contributed by atoms with van der Waals surface area (Å²) in [6, 6.07) is 0. The molecule has 0 amide bonds. The van der Waals surface area contributed by atoms with Gasteiger partial charge in [-0.25, -0.2) is 4.79 Å². The van der Waals surface area contributed by atoms with Gasteiger partial charge in [0.1, 0.15) is 12.2 Å². The van der Waals surface area contributed by atoms with Crippen molar-refractivity contribution < 1.29 is 19.0 Å². The molecule has 0 aromatic rings. The van der Waals surface area contributed by atoms with Crippen LogP contribution in [-0.4, -0.2) is 30.6 Å². The van der Waals surface area contributed by atoms with E-state index in [0.29, 0.717) is 0 Å². The van der Waals surface area contributed by atoms with Crippen LogP contribution < -0.4 is 0 Å². The maximum absolute atomic E-state index is 11.2. The van der Waals surface area contributed by atoms with Crippen LogP contribution in [0.15, 0.2) is 0 Å². The van der Waals surface area contributed by atoms with Gasteiger partial charge in [0.25, 0.3) is 0 Å². The summed E-state index contributed by atoms with van der Waals surface area (Å²) in [5.74, 6) is 0. The summed E-state index contributed by atoms with van der Waals surface area (Å²) in [4.78, 5) is 11.2. The highest BCUT2D eigenvalue weighted by Crippen LogP contribution is 2.36. The summed E-state index contributed by atoms with van der Waals surface area (Å²) in [5, 5.41) is 0. The number of ether oxygens (including phenoxy) is 3. The molecule has 2 saturated heterocycles. The molecule has 0 N–H and O–H groups in total. The van der Waals surface area contributed by atoms with Crippen LogP contribution in [0.25, 0.3) is 0 Å². The zero-order valence-electron chi connectivity index (χ0n) is 11.8. The molecule has 0 bridgehead atoms. The molecule has 2 heterocycles. The van der Waals surface area contributed by atoms with Gasteiger partial charge in [0.2, 0.25) is 0 Å². The van der Waals surface area contributed by atoms with Crippen LogP contribution in [0.1, 0.15) is 53.4 Å². The van der Waals surface area contributed by atoms with Crippen LogP contribution in [0, 0.1) is 5.41 Å². The van der Waals surface area contributed by atoms with Crippen molar-refractivity contribution in [1.29, 1.82) is 0 Å². The Morgan fingerprint density at radius 3 is 2.56 bits per heavy atom. The number of rotatable bonds is 2. The van der Waals surface area contributed by atoms with E-state index in [1.807, 2.05) is 6.92 Å². The fourth-order valence-corrected chi connectivity index (χ4v) is 2.72. The van der Waals surface area contributed by atoms with Crippen LogP contribution in [0.4, 0.5) is 4.79 Å². The largest absolute Gasteiger partial charge is 0.509 e. The Kier molecular flexibility index (Phi) is 3.85. The second-order valence-electron chi connectivity index (χ2n) is 6.15. The van der Waals surface area contributed by atoms with E-state index >= 15 is 0 Å². The third-order valence-electron chi connectivity index (χ3n) is 4.37. The number of carbonyl (C=O) groups excluding carboxylic acids is 1. The second kappa shape index (κ2) is 5.08. The van der Waals surface area contributed by atoms with Crippen molar-refractivity contribution in [3.8, 4) is 0 Å². The zero-order chi connectivity index (χ0) is 13.3. The third kappa shape index (κ3) is 2.79. The van der Waals surface area contributed by atoms with Crippen LogP contribution in [-0.2, 0) is 14.2 Å². The molecule has 4 atom stereocenters. The maximum atomic E-state index is 11.2. The first-order valence-corrected chi connectivity index (χ1v) is 6.95. The first-order valence-electron chi connectivity index (χ1n) is 6.95. The highest BCUT2D eigenvalue weighted by atomic mass is 16.8. The fourth-order valence-electron chi connectivity index (χ4n) is 2.72. The Morgan fingerprint density at radius 2 is 1.89 bits per heavy atom. The summed E-state index contributed by atoms with van der Waals surface area (Å²) in [6.45, 7) is 8.71. The second-order valence-corrected chi connectivity index (χ2v) is 6.15. The molecular formula is C14H24O4. The standard InChI is InChI=1S/C14H24O4/c1-5-14(3,4)12-7-6-10-11(8-9(2)16-12)18-13(15)17-10/h9-12H,5-8H2,1-4H3. The van der Waals surface area contributed by atoms with Gasteiger partial charge in [-0.15, -0.1) is 0 Å². The molecule has 0 saturated carbocycles. The van der Waals surface area contributed by atoms with Crippen LogP contribution in [0.2, 0.25) is 0 Å². The minimum absolute atomic E-state index is 0.0843. The molecule has 0 aromatic heterocycles. The molecule has 2 aliphatic rings. The molecule has 2 rings (SSSR count). The Bertz CT molecular complexity index is 313. The van der Waals surface area contributed by atoms with Crippen molar-refractivity contribution in [3.05, 3.63) is 0 Å². The topological polar surface area (TPSA) is 44.8 Å². The summed E-state index contributed by atoms with van der Waals surface area (Å²) < 4.78 is 16.5. The minimum Gasteiger partial charge on any atom is -0.427 e. The van der Waals surface area contributed by atoms with Gasteiger partial charge in [-0.3, -0.25) is 0 Å². The van der Waals surface area contributed by atoms with E-state index in [1.165, 1.54) is 0 Å². The van der Waals surface area contributed by atoms with E-state index in [9.17, 15) is 4.79 Å². The molecule has 0 aromatic carbocycles. The Labute approximate surface area is 109 Å². The predicted octanol–water partition coefficient (Wildman–Crippen LogP) is 3.28. The molecule has 0 spiro atoms. The summed E-state index contributed by atoms with van der Waals surface area (Å²) >= 11 is 0. The van der Waals surface area contributed by atoms with E-state index in [-0.39, 0.29) is 29.8 Å². The lowest BCUT2D eigenvalue weighted by Gasteiger charge is -2.38. The van der Waals surface area contributed by atoms with Gasteiger partial charge in [-0.2, -0.15) is 0 Å². The molecule has 4 heteroatoms. The molecular weight excluding hydrogens is 232 g/mol. The van der Waals surface area contributed by atoms with E-state index in [2.05, 4.69) is 20.8 Å². The normalized spacial score (nSPS) is 37.2. The molecule has 4 nitrogen and oxygen atoms in total. The summed E-state index contributed by atoms with van der Waals surface area (Å²) in [6.07, 6.45) is 3.14. The lowest BCUT2D eigenvalue weighted by Crippen LogP contribution is -2.40. The van der Waals surface area contributed by atoms with Crippen molar-refractivity contribution >= 4 is 6.16 Å². The van der Waals surface area contributed by atoms with Crippen molar-refractivity contribution in [3.63, 3.8) is 0 Å². The minimum atomic E-state index is -0.523.